The number of ether oxygens (including phenoxy) is 2. The number of hydrogen-bond acceptors (Lipinski definition) is 3. The third kappa shape index (κ3) is 5.14. The van der Waals surface area contributed by atoms with Crippen LogP contribution in [0.25, 0.3) is 0 Å². The molecule has 1 heterocycles. The zero-order valence-electron chi connectivity index (χ0n) is 13.0. The van der Waals surface area contributed by atoms with Gasteiger partial charge in [0.25, 0.3) is 0 Å². The predicted octanol–water partition coefficient (Wildman–Crippen LogP) is 4.24. The van der Waals surface area contributed by atoms with Crippen LogP contribution in [-0.2, 0) is 16.1 Å². The second-order valence-corrected chi connectivity index (χ2v) is 7.99. The first-order valence-electron chi connectivity index (χ1n) is 7.22. The van der Waals surface area contributed by atoms with Gasteiger partial charge in [-0.3, -0.25) is 0 Å². The lowest BCUT2D eigenvalue weighted by molar-refractivity contribution is 0.0189. The molecular formula is C16H21BrClNO3. The van der Waals surface area contributed by atoms with Crippen molar-refractivity contribution in [3.63, 3.8) is 0 Å². The SMILES string of the molecule is CC(C)(C)OC(=O)N1CC(Br)C(OCc2ccc(Cl)cc2)C1. The topological polar surface area (TPSA) is 38.8 Å². The van der Waals surface area contributed by atoms with Gasteiger partial charge in [-0.05, 0) is 38.5 Å². The van der Waals surface area contributed by atoms with Crippen LogP contribution in [0.1, 0.15) is 26.3 Å². The fraction of sp³-hybridized carbons (Fsp3) is 0.562. The number of amides is 1. The number of carbonyl (C=O) groups excluding carboxylic acids is 1. The molecule has 1 aliphatic heterocycles. The van der Waals surface area contributed by atoms with E-state index in [4.69, 9.17) is 21.1 Å². The first kappa shape index (κ1) is 17.6. The number of likely N-dealkylation sites (tertiary alicyclic amines) is 1. The minimum atomic E-state index is -0.485. The van der Waals surface area contributed by atoms with Crippen LogP contribution < -0.4 is 0 Å². The molecule has 0 N–H and O–H groups in total. The Hall–Kier alpha value is -0.780. The van der Waals surface area contributed by atoms with Crippen molar-refractivity contribution in [3.8, 4) is 0 Å². The van der Waals surface area contributed by atoms with Crippen molar-refractivity contribution in [1.29, 1.82) is 0 Å². The van der Waals surface area contributed by atoms with Crippen molar-refractivity contribution in [3.05, 3.63) is 34.9 Å². The molecule has 0 bridgehead atoms. The van der Waals surface area contributed by atoms with E-state index in [2.05, 4.69) is 15.9 Å². The van der Waals surface area contributed by atoms with Crippen LogP contribution in [-0.4, -0.2) is 40.6 Å². The summed E-state index contributed by atoms with van der Waals surface area (Å²) in [5.41, 5.74) is 0.570. The predicted molar refractivity (Wildman–Crippen MR) is 90.6 cm³/mol. The van der Waals surface area contributed by atoms with E-state index in [0.717, 1.165) is 5.56 Å². The minimum absolute atomic E-state index is 0.0526. The van der Waals surface area contributed by atoms with Gasteiger partial charge in [-0.1, -0.05) is 39.7 Å². The fourth-order valence-corrected chi connectivity index (χ4v) is 2.95. The maximum atomic E-state index is 12.1. The highest BCUT2D eigenvalue weighted by Gasteiger charge is 2.36. The summed E-state index contributed by atoms with van der Waals surface area (Å²) in [5, 5.41) is 0.707. The molecule has 6 heteroatoms. The Morgan fingerprint density at radius 2 is 1.95 bits per heavy atom. The van der Waals surface area contributed by atoms with E-state index in [1.54, 1.807) is 4.90 Å². The first-order chi connectivity index (χ1) is 10.2. The van der Waals surface area contributed by atoms with Gasteiger partial charge in [-0.2, -0.15) is 0 Å². The summed E-state index contributed by atoms with van der Waals surface area (Å²) >= 11 is 9.45. The van der Waals surface area contributed by atoms with Gasteiger partial charge in [0, 0.05) is 11.6 Å². The molecule has 0 aliphatic carbocycles. The highest BCUT2D eigenvalue weighted by molar-refractivity contribution is 9.09. The summed E-state index contributed by atoms with van der Waals surface area (Å²) in [6, 6.07) is 7.55. The van der Waals surface area contributed by atoms with Gasteiger partial charge in [-0.15, -0.1) is 0 Å². The average Bonchev–Trinajstić information content (AvgIpc) is 2.78. The van der Waals surface area contributed by atoms with Crippen LogP contribution in [0, 0.1) is 0 Å². The van der Waals surface area contributed by atoms with E-state index in [1.165, 1.54) is 0 Å². The van der Waals surface area contributed by atoms with Crippen LogP contribution in [0.3, 0.4) is 0 Å². The number of nitrogens with zero attached hydrogens (tertiary/aromatic N) is 1. The second-order valence-electron chi connectivity index (χ2n) is 6.38. The quantitative estimate of drug-likeness (QED) is 0.725. The monoisotopic (exact) mass is 389 g/mol. The Morgan fingerprint density at radius 3 is 2.55 bits per heavy atom. The van der Waals surface area contributed by atoms with E-state index in [9.17, 15) is 4.79 Å². The molecule has 22 heavy (non-hydrogen) atoms. The molecule has 1 amide bonds. The number of alkyl halides is 1. The standard InChI is InChI=1S/C16H21BrClNO3/c1-16(2,3)22-15(20)19-8-13(17)14(9-19)21-10-11-4-6-12(18)7-5-11/h4-7,13-14H,8-10H2,1-3H3. The third-order valence-electron chi connectivity index (χ3n) is 3.23. The molecule has 4 nitrogen and oxygen atoms in total. The largest absolute Gasteiger partial charge is 0.444 e. The highest BCUT2D eigenvalue weighted by atomic mass is 79.9. The first-order valence-corrected chi connectivity index (χ1v) is 8.52. The van der Waals surface area contributed by atoms with Gasteiger partial charge in [0.05, 0.1) is 24.1 Å². The number of rotatable bonds is 3. The third-order valence-corrected chi connectivity index (χ3v) is 4.36. The summed E-state index contributed by atoms with van der Waals surface area (Å²) in [7, 11) is 0. The van der Waals surface area contributed by atoms with Gasteiger partial charge < -0.3 is 14.4 Å². The van der Waals surface area contributed by atoms with E-state index in [0.29, 0.717) is 24.7 Å². The minimum Gasteiger partial charge on any atom is -0.444 e. The summed E-state index contributed by atoms with van der Waals surface area (Å²) in [6.45, 7) is 7.19. The molecule has 2 unspecified atom stereocenters. The van der Waals surface area contributed by atoms with Crippen LogP contribution in [0.5, 0.6) is 0 Å². The Bertz CT molecular complexity index is 515. The summed E-state index contributed by atoms with van der Waals surface area (Å²) in [4.78, 5) is 13.9. The molecule has 1 aromatic rings. The summed E-state index contributed by atoms with van der Waals surface area (Å²) < 4.78 is 11.3. The molecular weight excluding hydrogens is 370 g/mol. The number of hydrogen-bond donors (Lipinski definition) is 0. The van der Waals surface area contributed by atoms with Gasteiger partial charge >= 0.3 is 6.09 Å². The average molecular weight is 391 g/mol. The van der Waals surface area contributed by atoms with Crippen molar-refractivity contribution < 1.29 is 14.3 Å². The normalized spacial score (nSPS) is 22.0. The summed E-state index contributed by atoms with van der Waals surface area (Å²) in [6.07, 6.45) is -0.349. The molecule has 2 atom stereocenters. The van der Waals surface area contributed by atoms with Gasteiger partial charge in [0.15, 0.2) is 0 Å². The van der Waals surface area contributed by atoms with Gasteiger partial charge in [0.1, 0.15) is 5.60 Å². The Balaban J connectivity index is 1.85. The lowest BCUT2D eigenvalue weighted by Crippen LogP contribution is -2.36. The van der Waals surface area contributed by atoms with Gasteiger partial charge in [0.2, 0.25) is 0 Å². The lowest BCUT2D eigenvalue weighted by atomic mass is 10.2. The smallest absolute Gasteiger partial charge is 0.410 e. The van der Waals surface area contributed by atoms with E-state index < -0.39 is 5.60 Å². The van der Waals surface area contributed by atoms with Crippen LogP contribution in [0.15, 0.2) is 24.3 Å². The lowest BCUT2D eigenvalue weighted by Gasteiger charge is -2.24. The van der Waals surface area contributed by atoms with Crippen LogP contribution >= 0.6 is 27.5 Å². The van der Waals surface area contributed by atoms with E-state index >= 15 is 0 Å². The van der Waals surface area contributed by atoms with Crippen molar-refractivity contribution in [2.75, 3.05) is 13.1 Å². The van der Waals surface area contributed by atoms with E-state index in [-0.39, 0.29) is 17.0 Å². The Labute approximate surface area is 144 Å². The zero-order chi connectivity index (χ0) is 16.3. The number of benzene rings is 1. The molecule has 0 spiro atoms. The van der Waals surface area contributed by atoms with Crippen LogP contribution in [0.4, 0.5) is 4.79 Å². The number of halogens is 2. The molecule has 2 rings (SSSR count). The molecule has 122 valence electrons. The molecule has 1 aliphatic rings. The zero-order valence-corrected chi connectivity index (χ0v) is 15.4. The molecule has 1 saturated heterocycles. The second kappa shape index (κ2) is 7.20. The molecule has 0 saturated carbocycles. The molecule has 1 aromatic carbocycles. The fourth-order valence-electron chi connectivity index (χ4n) is 2.15. The summed E-state index contributed by atoms with van der Waals surface area (Å²) in [5.74, 6) is 0. The van der Waals surface area contributed by atoms with Crippen molar-refractivity contribution in [2.45, 2.75) is 43.9 Å². The maximum absolute atomic E-state index is 12.1. The van der Waals surface area contributed by atoms with Crippen LogP contribution in [0.2, 0.25) is 5.02 Å². The van der Waals surface area contributed by atoms with E-state index in [1.807, 2.05) is 45.0 Å². The Morgan fingerprint density at radius 1 is 1.32 bits per heavy atom. The molecule has 0 aromatic heterocycles. The maximum Gasteiger partial charge on any atom is 0.410 e. The van der Waals surface area contributed by atoms with Gasteiger partial charge in [-0.25, -0.2) is 4.79 Å². The molecule has 1 fully saturated rings. The number of carbonyl (C=O) groups is 1. The van der Waals surface area contributed by atoms with Crippen molar-refractivity contribution >= 4 is 33.6 Å². The van der Waals surface area contributed by atoms with Crippen molar-refractivity contribution in [2.24, 2.45) is 0 Å². The Kier molecular flexibility index (Phi) is 5.75. The molecule has 0 radical (unpaired) electrons. The van der Waals surface area contributed by atoms with Crippen molar-refractivity contribution in [1.82, 2.24) is 4.90 Å². The highest BCUT2D eigenvalue weighted by Crippen LogP contribution is 2.24.